The number of nitrogens with one attached hydrogen (secondary N) is 1. The molecule has 0 bridgehead atoms. The fraction of sp³-hybridized carbons (Fsp3) is 0.500. The van der Waals surface area contributed by atoms with Gasteiger partial charge in [-0.15, -0.1) is 0 Å². The Labute approximate surface area is 66.4 Å². The number of amides is 1. The van der Waals surface area contributed by atoms with Crippen molar-refractivity contribution in [3.8, 4) is 17.9 Å². The molecule has 0 aromatic carbocycles. The zero-order valence-electron chi connectivity index (χ0n) is 6.64. The van der Waals surface area contributed by atoms with Gasteiger partial charge in [0.2, 0.25) is 0 Å². The van der Waals surface area contributed by atoms with E-state index in [0.717, 1.165) is 0 Å². The number of rotatable bonds is 2. The summed E-state index contributed by atoms with van der Waals surface area (Å²) in [6.45, 7) is 3.40. The van der Waals surface area contributed by atoms with Crippen LogP contribution in [0.15, 0.2) is 0 Å². The van der Waals surface area contributed by atoms with E-state index in [2.05, 4.69) is 17.2 Å². The van der Waals surface area contributed by atoms with Crippen LogP contribution < -0.4 is 5.32 Å². The average molecular weight is 150 g/mol. The minimum absolute atomic E-state index is 0.388. The molecule has 0 rings (SSSR count). The first-order valence-electron chi connectivity index (χ1n) is 3.37. The van der Waals surface area contributed by atoms with E-state index < -0.39 is 6.04 Å². The van der Waals surface area contributed by atoms with Gasteiger partial charge in [-0.1, -0.05) is 12.8 Å². The van der Waals surface area contributed by atoms with E-state index in [1.54, 1.807) is 6.92 Å². The standard InChI is InChI=1S/C8H10N2O/c1-3-5-8(11)10-7(4-2)6-9/h7H,4H2,1-2H3,(H,10,11)/t7-/m0/s1. The summed E-state index contributed by atoms with van der Waals surface area (Å²) >= 11 is 0. The van der Waals surface area contributed by atoms with Gasteiger partial charge < -0.3 is 5.32 Å². The molecule has 0 heterocycles. The maximum absolute atomic E-state index is 10.7. The normalized spacial score (nSPS) is 10.3. The lowest BCUT2D eigenvalue weighted by atomic mass is 10.2. The van der Waals surface area contributed by atoms with Crippen molar-refractivity contribution < 1.29 is 4.79 Å². The van der Waals surface area contributed by atoms with Crippen molar-refractivity contribution in [3.63, 3.8) is 0 Å². The lowest BCUT2D eigenvalue weighted by molar-refractivity contribution is -0.116. The second-order valence-corrected chi connectivity index (χ2v) is 1.94. The van der Waals surface area contributed by atoms with E-state index >= 15 is 0 Å². The Kier molecular flexibility index (Phi) is 4.60. The molecule has 0 aliphatic rings. The molecule has 0 unspecified atom stereocenters. The minimum atomic E-state index is -0.414. The summed E-state index contributed by atoms with van der Waals surface area (Å²) in [6, 6.07) is 1.53. The van der Waals surface area contributed by atoms with Crippen LogP contribution in [0, 0.1) is 23.2 Å². The minimum Gasteiger partial charge on any atom is -0.329 e. The maximum atomic E-state index is 10.7. The molecule has 0 saturated heterocycles. The van der Waals surface area contributed by atoms with E-state index in [9.17, 15) is 4.79 Å². The third-order valence-electron chi connectivity index (χ3n) is 1.11. The number of carbonyl (C=O) groups is 1. The first kappa shape index (κ1) is 9.52. The maximum Gasteiger partial charge on any atom is 0.296 e. The number of nitriles is 1. The molecule has 0 aromatic rings. The summed E-state index contributed by atoms with van der Waals surface area (Å²) in [7, 11) is 0. The van der Waals surface area contributed by atoms with E-state index in [1.165, 1.54) is 0 Å². The molecule has 0 radical (unpaired) electrons. The monoisotopic (exact) mass is 150 g/mol. The van der Waals surface area contributed by atoms with Gasteiger partial charge >= 0.3 is 0 Å². The highest BCUT2D eigenvalue weighted by Crippen LogP contribution is 1.86. The molecule has 1 N–H and O–H groups in total. The molecule has 0 fully saturated rings. The van der Waals surface area contributed by atoms with Crippen LogP contribution in [-0.2, 0) is 4.79 Å². The summed E-state index contributed by atoms with van der Waals surface area (Å²) in [5, 5.41) is 10.9. The van der Waals surface area contributed by atoms with E-state index in [1.807, 2.05) is 13.0 Å². The molecule has 0 aromatic heterocycles. The van der Waals surface area contributed by atoms with Crippen LogP contribution in [-0.4, -0.2) is 11.9 Å². The lowest BCUT2D eigenvalue weighted by Crippen LogP contribution is -2.31. The highest BCUT2D eigenvalue weighted by Gasteiger charge is 2.04. The second kappa shape index (κ2) is 5.32. The van der Waals surface area contributed by atoms with Crippen molar-refractivity contribution in [2.24, 2.45) is 0 Å². The number of nitrogens with zero attached hydrogens (tertiary/aromatic N) is 1. The molecule has 0 aliphatic carbocycles. The number of carbonyl (C=O) groups excluding carboxylic acids is 1. The van der Waals surface area contributed by atoms with Crippen LogP contribution >= 0.6 is 0 Å². The van der Waals surface area contributed by atoms with Crippen molar-refractivity contribution >= 4 is 5.91 Å². The molecular weight excluding hydrogens is 140 g/mol. The first-order valence-corrected chi connectivity index (χ1v) is 3.37. The largest absolute Gasteiger partial charge is 0.329 e. The Morgan fingerprint density at radius 3 is 2.73 bits per heavy atom. The fourth-order valence-electron chi connectivity index (χ4n) is 0.533. The Bertz CT molecular complexity index is 229. The van der Waals surface area contributed by atoms with Gasteiger partial charge in [-0.3, -0.25) is 4.79 Å². The molecule has 0 aliphatic heterocycles. The van der Waals surface area contributed by atoms with Gasteiger partial charge in [-0.25, -0.2) is 0 Å². The Morgan fingerprint density at radius 2 is 2.36 bits per heavy atom. The van der Waals surface area contributed by atoms with E-state index in [4.69, 9.17) is 5.26 Å². The fourth-order valence-corrected chi connectivity index (χ4v) is 0.533. The molecule has 0 saturated carbocycles. The molecular formula is C8H10N2O. The lowest BCUT2D eigenvalue weighted by Gasteiger charge is -2.03. The van der Waals surface area contributed by atoms with Crippen LogP contribution in [0.4, 0.5) is 0 Å². The molecule has 3 heteroatoms. The van der Waals surface area contributed by atoms with Gasteiger partial charge in [0.1, 0.15) is 6.04 Å². The van der Waals surface area contributed by atoms with E-state index in [-0.39, 0.29) is 5.91 Å². The highest BCUT2D eigenvalue weighted by molar-refractivity contribution is 5.93. The zero-order valence-corrected chi connectivity index (χ0v) is 6.64. The third kappa shape index (κ3) is 4.00. The first-order chi connectivity index (χ1) is 5.24. The van der Waals surface area contributed by atoms with Crippen LogP contribution in [0.3, 0.4) is 0 Å². The SMILES string of the molecule is CC#CC(=O)N[C@H](C#N)CC. The van der Waals surface area contributed by atoms with Gasteiger partial charge in [-0.05, 0) is 19.3 Å². The Hall–Kier alpha value is -1.48. The molecule has 58 valence electrons. The van der Waals surface area contributed by atoms with Crippen LogP contribution in [0.2, 0.25) is 0 Å². The Morgan fingerprint density at radius 1 is 1.73 bits per heavy atom. The highest BCUT2D eigenvalue weighted by atomic mass is 16.1. The van der Waals surface area contributed by atoms with Crippen molar-refractivity contribution in [2.45, 2.75) is 26.3 Å². The van der Waals surface area contributed by atoms with Gasteiger partial charge in [0, 0.05) is 0 Å². The predicted octanol–water partition coefficient (Wildman–Crippen LogP) is 0.428. The second-order valence-electron chi connectivity index (χ2n) is 1.94. The van der Waals surface area contributed by atoms with Crippen molar-refractivity contribution in [2.75, 3.05) is 0 Å². The summed E-state index contributed by atoms with van der Waals surface area (Å²) in [5.74, 6) is 4.35. The zero-order chi connectivity index (χ0) is 8.69. The Balaban J connectivity index is 3.91. The average Bonchev–Trinajstić information content (AvgIpc) is 2.01. The summed E-state index contributed by atoms with van der Waals surface area (Å²) in [4.78, 5) is 10.7. The molecule has 0 spiro atoms. The van der Waals surface area contributed by atoms with Gasteiger partial charge in [-0.2, -0.15) is 5.26 Å². The van der Waals surface area contributed by atoms with Crippen LogP contribution in [0.5, 0.6) is 0 Å². The van der Waals surface area contributed by atoms with Crippen molar-refractivity contribution in [1.82, 2.24) is 5.32 Å². The van der Waals surface area contributed by atoms with Crippen molar-refractivity contribution in [1.29, 1.82) is 5.26 Å². The van der Waals surface area contributed by atoms with Gasteiger partial charge in [0.15, 0.2) is 0 Å². The number of hydrogen-bond acceptors (Lipinski definition) is 2. The van der Waals surface area contributed by atoms with Crippen LogP contribution in [0.25, 0.3) is 0 Å². The van der Waals surface area contributed by atoms with Gasteiger partial charge in [0.25, 0.3) is 5.91 Å². The molecule has 11 heavy (non-hydrogen) atoms. The molecule has 1 amide bonds. The number of hydrogen-bond donors (Lipinski definition) is 1. The predicted molar refractivity (Wildman–Crippen MR) is 41.3 cm³/mol. The smallest absolute Gasteiger partial charge is 0.296 e. The molecule has 1 atom stereocenters. The topological polar surface area (TPSA) is 52.9 Å². The van der Waals surface area contributed by atoms with Gasteiger partial charge in [0.05, 0.1) is 6.07 Å². The third-order valence-corrected chi connectivity index (χ3v) is 1.11. The molecule has 3 nitrogen and oxygen atoms in total. The summed E-state index contributed by atoms with van der Waals surface area (Å²) in [5.41, 5.74) is 0. The van der Waals surface area contributed by atoms with Crippen LogP contribution in [0.1, 0.15) is 20.3 Å². The summed E-state index contributed by atoms with van der Waals surface area (Å²) < 4.78 is 0. The summed E-state index contributed by atoms with van der Waals surface area (Å²) in [6.07, 6.45) is 0.605. The quantitative estimate of drug-likeness (QED) is 0.580. The van der Waals surface area contributed by atoms with E-state index in [0.29, 0.717) is 6.42 Å². The van der Waals surface area contributed by atoms with Crippen molar-refractivity contribution in [3.05, 3.63) is 0 Å².